The van der Waals surface area contributed by atoms with Gasteiger partial charge >= 0.3 is 0 Å². The zero-order chi connectivity index (χ0) is 18.1. The molecule has 26 heavy (non-hydrogen) atoms. The third-order valence-corrected chi connectivity index (χ3v) is 4.35. The maximum absolute atomic E-state index is 12.4. The van der Waals surface area contributed by atoms with Crippen molar-refractivity contribution in [2.75, 3.05) is 19.4 Å². The Labute approximate surface area is 152 Å². The van der Waals surface area contributed by atoms with Crippen molar-refractivity contribution in [3.63, 3.8) is 0 Å². The molecule has 1 aromatic carbocycles. The molecule has 130 valence electrons. The Bertz CT molecular complexity index is 943. The van der Waals surface area contributed by atoms with Crippen LogP contribution in [0, 0.1) is 0 Å². The first-order chi connectivity index (χ1) is 12.6. The molecule has 4 rings (SSSR count). The van der Waals surface area contributed by atoms with Gasteiger partial charge in [0.1, 0.15) is 11.9 Å². The Morgan fingerprint density at radius 1 is 1.15 bits per heavy atom. The topological polar surface area (TPSA) is 54.5 Å². The number of pyridine rings is 1. The predicted molar refractivity (Wildman–Crippen MR) is 102 cm³/mol. The van der Waals surface area contributed by atoms with Crippen molar-refractivity contribution in [3.05, 3.63) is 78.2 Å². The van der Waals surface area contributed by atoms with Crippen LogP contribution >= 0.6 is 0 Å². The van der Waals surface area contributed by atoms with E-state index in [2.05, 4.69) is 16.4 Å². The maximum Gasteiger partial charge on any atom is 0.253 e. The van der Waals surface area contributed by atoms with Crippen molar-refractivity contribution >= 4 is 22.9 Å². The summed E-state index contributed by atoms with van der Waals surface area (Å²) in [5, 5.41) is 3.37. The van der Waals surface area contributed by atoms with E-state index >= 15 is 0 Å². The Kier molecular flexibility index (Phi) is 4.05. The number of likely N-dealkylation sites (N-methyl/N-ethyl adjacent to an activating group) is 1. The average Bonchev–Trinajstić information content (AvgIpc) is 2.84. The predicted octanol–water partition coefficient (Wildman–Crippen LogP) is 3.55. The van der Waals surface area contributed by atoms with Gasteiger partial charge in [0.15, 0.2) is 0 Å². The SMILES string of the molecule is CN(C)C(=O)C1=CC=CC2Oc3ccc(Nc4ccncc4)cc3C2=C1. The van der Waals surface area contributed by atoms with Crippen LogP contribution in [0.4, 0.5) is 11.4 Å². The van der Waals surface area contributed by atoms with Crippen LogP contribution < -0.4 is 10.1 Å². The number of nitrogens with one attached hydrogen (secondary N) is 1. The van der Waals surface area contributed by atoms with E-state index in [1.165, 1.54) is 0 Å². The van der Waals surface area contributed by atoms with E-state index in [-0.39, 0.29) is 12.0 Å². The number of nitrogens with zero attached hydrogens (tertiary/aromatic N) is 2. The van der Waals surface area contributed by atoms with Crippen LogP contribution in [0.5, 0.6) is 5.75 Å². The maximum atomic E-state index is 12.4. The van der Waals surface area contributed by atoms with Crippen molar-refractivity contribution < 1.29 is 9.53 Å². The van der Waals surface area contributed by atoms with Crippen LogP contribution in [0.1, 0.15) is 5.56 Å². The standard InChI is InChI=1S/C21H19N3O2/c1-24(2)21(25)14-4-3-5-19-17(12-14)18-13-16(6-7-20(18)26-19)23-15-8-10-22-11-9-15/h3-13,19H,1-2H3,(H,22,23). The van der Waals surface area contributed by atoms with Crippen LogP contribution in [0.2, 0.25) is 0 Å². The van der Waals surface area contributed by atoms with Gasteiger partial charge in [-0.15, -0.1) is 0 Å². The van der Waals surface area contributed by atoms with E-state index < -0.39 is 0 Å². The highest BCUT2D eigenvalue weighted by Gasteiger charge is 2.29. The first-order valence-corrected chi connectivity index (χ1v) is 8.42. The number of allylic oxidation sites excluding steroid dienone is 2. The lowest BCUT2D eigenvalue weighted by atomic mass is 10.00. The summed E-state index contributed by atoms with van der Waals surface area (Å²) >= 11 is 0. The first kappa shape index (κ1) is 16.1. The van der Waals surface area contributed by atoms with Gasteiger partial charge in [0, 0.05) is 54.6 Å². The van der Waals surface area contributed by atoms with Crippen molar-refractivity contribution in [1.82, 2.24) is 9.88 Å². The van der Waals surface area contributed by atoms with Crippen LogP contribution in [-0.2, 0) is 4.79 Å². The Hall–Kier alpha value is -3.34. The van der Waals surface area contributed by atoms with Crippen molar-refractivity contribution in [1.29, 1.82) is 0 Å². The van der Waals surface area contributed by atoms with Crippen molar-refractivity contribution in [2.24, 2.45) is 0 Å². The van der Waals surface area contributed by atoms with E-state index in [1.54, 1.807) is 31.4 Å². The number of fused-ring (bicyclic) bond motifs is 3. The minimum absolute atomic E-state index is 0.0256. The molecule has 1 N–H and O–H groups in total. The zero-order valence-corrected chi connectivity index (χ0v) is 14.6. The van der Waals surface area contributed by atoms with Crippen LogP contribution in [-0.4, -0.2) is 36.0 Å². The largest absolute Gasteiger partial charge is 0.481 e. The molecule has 0 saturated carbocycles. The van der Waals surface area contributed by atoms with Gasteiger partial charge in [-0.05, 0) is 48.6 Å². The zero-order valence-electron chi connectivity index (χ0n) is 14.6. The molecular weight excluding hydrogens is 326 g/mol. The van der Waals surface area contributed by atoms with Gasteiger partial charge in [-0.2, -0.15) is 0 Å². The molecule has 1 amide bonds. The molecule has 1 aromatic heterocycles. The van der Waals surface area contributed by atoms with E-state index in [1.807, 2.05) is 48.6 Å². The second kappa shape index (κ2) is 6.52. The second-order valence-electron chi connectivity index (χ2n) is 6.42. The summed E-state index contributed by atoms with van der Waals surface area (Å²) in [5.41, 5.74) is 4.56. The van der Waals surface area contributed by atoms with Gasteiger partial charge in [0.05, 0.1) is 0 Å². The molecule has 0 radical (unpaired) electrons. The molecule has 0 saturated heterocycles. The van der Waals surface area contributed by atoms with Crippen molar-refractivity contribution in [2.45, 2.75) is 6.10 Å². The summed E-state index contributed by atoms with van der Waals surface area (Å²) in [6.07, 6.45) is 10.9. The van der Waals surface area contributed by atoms with E-state index in [0.717, 1.165) is 28.3 Å². The minimum atomic E-state index is -0.176. The Balaban J connectivity index is 1.70. The van der Waals surface area contributed by atoms with Gasteiger partial charge in [-0.1, -0.05) is 6.08 Å². The van der Waals surface area contributed by atoms with E-state index in [9.17, 15) is 4.79 Å². The van der Waals surface area contributed by atoms with Gasteiger partial charge in [0.2, 0.25) is 0 Å². The van der Waals surface area contributed by atoms with E-state index in [0.29, 0.717) is 5.57 Å². The highest BCUT2D eigenvalue weighted by molar-refractivity contribution is 6.00. The number of benzene rings is 1. The number of hydrogen-bond acceptors (Lipinski definition) is 4. The molecule has 1 atom stereocenters. The fourth-order valence-corrected chi connectivity index (χ4v) is 3.06. The smallest absolute Gasteiger partial charge is 0.253 e. The molecular formula is C21H19N3O2. The highest BCUT2D eigenvalue weighted by Crippen LogP contribution is 2.41. The van der Waals surface area contributed by atoms with E-state index in [4.69, 9.17) is 4.74 Å². The molecule has 1 unspecified atom stereocenters. The molecule has 0 bridgehead atoms. The molecule has 1 aliphatic carbocycles. The molecule has 5 nitrogen and oxygen atoms in total. The Morgan fingerprint density at radius 3 is 2.73 bits per heavy atom. The van der Waals surface area contributed by atoms with Crippen LogP contribution in [0.15, 0.2) is 72.6 Å². The number of anilines is 2. The minimum Gasteiger partial charge on any atom is -0.481 e. The number of carbonyl (C=O) groups excluding carboxylic acids is 1. The molecule has 2 aromatic rings. The third kappa shape index (κ3) is 2.99. The normalized spacial score (nSPS) is 17.2. The second-order valence-corrected chi connectivity index (χ2v) is 6.42. The third-order valence-electron chi connectivity index (χ3n) is 4.35. The lowest BCUT2D eigenvalue weighted by molar-refractivity contribution is -0.124. The summed E-state index contributed by atoms with van der Waals surface area (Å²) in [6.45, 7) is 0. The van der Waals surface area contributed by atoms with Gasteiger partial charge in [-0.3, -0.25) is 9.78 Å². The number of aromatic nitrogens is 1. The molecule has 2 heterocycles. The molecule has 2 aliphatic rings. The quantitative estimate of drug-likeness (QED) is 0.924. The summed E-state index contributed by atoms with van der Waals surface area (Å²) in [4.78, 5) is 18.0. The molecule has 0 spiro atoms. The fraction of sp³-hybridized carbons (Fsp3) is 0.143. The summed E-state index contributed by atoms with van der Waals surface area (Å²) in [7, 11) is 3.51. The van der Waals surface area contributed by atoms with Gasteiger partial charge in [0.25, 0.3) is 5.91 Å². The van der Waals surface area contributed by atoms with Gasteiger partial charge in [-0.25, -0.2) is 0 Å². The molecule has 0 fully saturated rings. The molecule has 1 aliphatic heterocycles. The average molecular weight is 345 g/mol. The highest BCUT2D eigenvalue weighted by atomic mass is 16.5. The van der Waals surface area contributed by atoms with Crippen molar-refractivity contribution in [3.8, 4) is 5.75 Å². The number of carbonyl (C=O) groups is 1. The molecule has 5 heteroatoms. The number of rotatable bonds is 3. The van der Waals surface area contributed by atoms with Crippen LogP contribution in [0.3, 0.4) is 0 Å². The number of ether oxygens (including phenoxy) is 1. The first-order valence-electron chi connectivity index (χ1n) is 8.42. The number of hydrogen-bond donors (Lipinski definition) is 1. The Morgan fingerprint density at radius 2 is 1.96 bits per heavy atom. The fourth-order valence-electron chi connectivity index (χ4n) is 3.06. The summed E-state index contributed by atoms with van der Waals surface area (Å²) in [5.74, 6) is 0.798. The van der Waals surface area contributed by atoms with Crippen LogP contribution in [0.25, 0.3) is 5.57 Å². The summed E-state index contributed by atoms with van der Waals surface area (Å²) in [6, 6.07) is 9.82. The lowest BCUT2D eigenvalue weighted by Crippen LogP contribution is -2.22. The lowest BCUT2D eigenvalue weighted by Gasteiger charge is -2.11. The van der Waals surface area contributed by atoms with Gasteiger partial charge < -0.3 is 15.0 Å². The number of amides is 1. The monoisotopic (exact) mass is 345 g/mol. The summed E-state index contributed by atoms with van der Waals surface area (Å²) < 4.78 is 6.03.